The summed E-state index contributed by atoms with van der Waals surface area (Å²) in [6.07, 6.45) is 6.07. The Morgan fingerprint density at radius 3 is 3.18 bits per heavy atom. The molecule has 0 fully saturated rings. The van der Waals surface area contributed by atoms with E-state index >= 15 is 0 Å². The molecule has 0 bridgehead atoms. The normalized spacial score (nSPS) is 12.8. The van der Waals surface area contributed by atoms with E-state index in [0.29, 0.717) is 6.04 Å². The van der Waals surface area contributed by atoms with Crippen molar-refractivity contribution in [2.75, 3.05) is 0 Å². The predicted octanol–water partition coefficient (Wildman–Crippen LogP) is 2.17. The molecule has 2 aromatic heterocycles. The fourth-order valence-corrected chi connectivity index (χ4v) is 1.75. The third-order valence-electron chi connectivity index (χ3n) is 2.80. The number of nitrogens with one attached hydrogen (secondary N) is 1. The van der Waals surface area contributed by atoms with E-state index in [2.05, 4.69) is 29.0 Å². The van der Waals surface area contributed by atoms with Crippen LogP contribution in [0.25, 0.3) is 5.65 Å². The Morgan fingerprint density at radius 1 is 1.47 bits per heavy atom. The molecule has 0 aliphatic carbocycles. The van der Waals surface area contributed by atoms with Crippen LogP contribution in [0.5, 0.6) is 0 Å². The number of pyridine rings is 1. The Kier molecular flexibility index (Phi) is 3.88. The zero-order valence-corrected chi connectivity index (χ0v) is 10.1. The number of rotatable bonds is 6. The minimum Gasteiger partial charge on any atom is -0.307 e. The zero-order valence-electron chi connectivity index (χ0n) is 10.1. The molecule has 0 radical (unpaired) electrons. The highest BCUT2D eigenvalue weighted by molar-refractivity contribution is 5.36. The van der Waals surface area contributed by atoms with Crippen molar-refractivity contribution in [1.82, 2.24) is 19.9 Å². The van der Waals surface area contributed by atoms with Crippen LogP contribution in [-0.2, 0) is 6.54 Å². The predicted molar refractivity (Wildman–Crippen MR) is 68.7 cm³/mol. The third kappa shape index (κ3) is 2.91. The molecule has 4 heteroatoms. The van der Waals surface area contributed by atoms with E-state index in [9.17, 15) is 0 Å². The minimum absolute atomic E-state index is 0.462. The van der Waals surface area contributed by atoms with Gasteiger partial charge in [-0.25, -0.2) is 0 Å². The van der Waals surface area contributed by atoms with Crippen LogP contribution in [0.4, 0.5) is 0 Å². The van der Waals surface area contributed by atoms with Gasteiger partial charge in [0.1, 0.15) is 0 Å². The second-order valence-corrected chi connectivity index (χ2v) is 4.19. The van der Waals surface area contributed by atoms with Crippen molar-refractivity contribution in [3.8, 4) is 0 Å². The van der Waals surface area contributed by atoms with Crippen molar-refractivity contribution in [3.05, 3.63) is 42.9 Å². The summed E-state index contributed by atoms with van der Waals surface area (Å²) < 4.78 is 2.01. The van der Waals surface area contributed by atoms with Gasteiger partial charge in [0.25, 0.3) is 0 Å². The van der Waals surface area contributed by atoms with E-state index in [-0.39, 0.29) is 0 Å². The summed E-state index contributed by atoms with van der Waals surface area (Å²) in [4.78, 5) is 0. The first-order valence-electron chi connectivity index (χ1n) is 5.94. The molecule has 4 nitrogen and oxygen atoms in total. The molecule has 0 saturated heterocycles. The summed E-state index contributed by atoms with van der Waals surface area (Å²) in [5.41, 5.74) is 0.892. The molecular formula is C13H18N4. The molecule has 1 unspecified atom stereocenters. The zero-order chi connectivity index (χ0) is 12.1. The quantitative estimate of drug-likeness (QED) is 0.773. The topological polar surface area (TPSA) is 42.2 Å². The first-order valence-corrected chi connectivity index (χ1v) is 5.94. The van der Waals surface area contributed by atoms with Crippen LogP contribution in [0.2, 0.25) is 0 Å². The maximum atomic E-state index is 4.18. The summed E-state index contributed by atoms with van der Waals surface area (Å²) in [5, 5.41) is 11.7. The highest BCUT2D eigenvalue weighted by atomic mass is 15.3. The van der Waals surface area contributed by atoms with Crippen molar-refractivity contribution < 1.29 is 0 Å². The fraction of sp³-hybridized carbons (Fsp3) is 0.385. The van der Waals surface area contributed by atoms with E-state index in [0.717, 1.165) is 30.9 Å². The van der Waals surface area contributed by atoms with E-state index in [4.69, 9.17) is 0 Å². The van der Waals surface area contributed by atoms with Gasteiger partial charge in [0.15, 0.2) is 11.5 Å². The van der Waals surface area contributed by atoms with Crippen molar-refractivity contribution in [1.29, 1.82) is 0 Å². The first kappa shape index (κ1) is 11.8. The van der Waals surface area contributed by atoms with Gasteiger partial charge in [-0.2, -0.15) is 0 Å². The lowest BCUT2D eigenvalue weighted by molar-refractivity contribution is 0.506. The van der Waals surface area contributed by atoms with Gasteiger partial charge in [0.05, 0.1) is 6.54 Å². The molecule has 0 aliphatic heterocycles. The maximum absolute atomic E-state index is 4.18. The van der Waals surface area contributed by atoms with Crippen molar-refractivity contribution >= 4 is 5.65 Å². The third-order valence-corrected chi connectivity index (χ3v) is 2.80. The lowest BCUT2D eigenvalue weighted by Crippen LogP contribution is -2.26. The van der Waals surface area contributed by atoms with Crippen molar-refractivity contribution in [3.63, 3.8) is 0 Å². The summed E-state index contributed by atoms with van der Waals surface area (Å²) in [7, 11) is 0. The number of allylic oxidation sites excluding steroid dienone is 1. The highest BCUT2D eigenvalue weighted by Crippen LogP contribution is 2.03. The van der Waals surface area contributed by atoms with E-state index in [1.54, 1.807) is 0 Å². The monoisotopic (exact) mass is 230 g/mol. The van der Waals surface area contributed by atoms with Gasteiger partial charge in [0, 0.05) is 12.2 Å². The second kappa shape index (κ2) is 5.59. The lowest BCUT2D eigenvalue weighted by atomic mass is 10.2. The van der Waals surface area contributed by atoms with Gasteiger partial charge in [-0.05, 0) is 31.9 Å². The molecule has 0 aliphatic rings. The standard InChI is InChI=1S/C13H18N4/c1-3-4-7-11(2)14-10-13-16-15-12-8-5-6-9-17(12)13/h3,5-6,8-9,11,14H,1,4,7,10H2,2H3. The van der Waals surface area contributed by atoms with Gasteiger partial charge >= 0.3 is 0 Å². The van der Waals surface area contributed by atoms with Crippen LogP contribution >= 0.6 is 0 Å². The molecular weight excluding hydrogens is 212 g/mol. The molecule has 0 spiro atoms. The van der Waals surface area contributed by atoms with Gasteiger partial charge in [-0.1, -0.05) is 12.1 Å². The molecule has 0 aromatic carbocycles. The molecule has 17 heavy (non-hydrogen) atoms. The number of hydrogen-bond acceptors (Lipinski definition) is 3. The lowest BCUT2D eigenvalue weighted by Gasteiger charge is -2.11. The number of nitrogens with zero attached hydrogens (tertiary/aromatic N) is 3. The molecule has 2 aromatic rings. The van der Waals surface area contributed by atoms with E-state index < -0.39 is 0 Å². The van der Waals surface area contributed by atoms with Gasteiger partial charge in [0.2, 0.25) is 0 Å². The summed E-state index contributed by atoms with van der Waals surface area (Å²) in [6, 6.07) is 6.37. The maximum Gasteiger partial charge on any atom is 0.160 e. The van der Waals surface area contributed by atoms with Crippen LogP contribution in [0.3, 0.4) is 0 Å². The van der Waals surface area contributed by atoms with Crippen LogP contribution in [-0.4, -0.2) is 20.6 Å². The number of fused-ring (bicyclic) bond motifs is 1. The molecule has 2 rings (SSSR count). The molecule has 1 atom stereocenters. The summed E-state index contributed by atoms with van der Waals surface area (Å²) in [6.45, 7) is 6.64. The van der Waals surface area contributed by atoms with Crippen molar-refractivity contribution in [2.24, 2.45) is 0 Å². The average molecular weight is 230 g/mol. The van der Waals surface area contributed by atoms with E-state index in [1.165, 1.54) is 0 Å². The Balaban J connectivity index is 1.97. The average Bonchev–Trinajstić information content (AvgIpc) is 2.77. The Labute approximate surface area is 101 Å². The van der Waals surface area contributed by atoms with Crippen LogP contribution in [0.15, 0.2) is 37.1 Å². The smallest absolute Gasteiger partial charge is 0.160 e. The van der Waals surface area contributed by atoms with Gasteiger partial charge in [-0.3, -0.25) is 4.40 Å². The SMILES string of the molecule is C=CCCC(C)NCc1nnc2ccccn12. The van der Waals surface area contributed by atoms with Gasteiger partial charge < -0.3 is 5.32 Å². The summed E-state index contributed by atoms with van der Waals surface area (Å²) >= 11 is 0. The largest absolute Gasteiger partial charge is 0.307 e. The minimum atomic E-state index is 0.462. The highest BCUT2D eigenvalue weighted by Gasteiger charge is 2.06. The van der Waals surface area contributed by atoms with Crippen LogP contribution < -0.4 is 5.32 Å². The van der Waals surface area contributed by atoms with Gasteiger partial charge in [-0.15, -0.1) is 16.8 Å². The molecule has 1 N–H and O–H groups in total. The number of aromatic nitrogens is 3. The molecule has 0 saturated carbocycles. The molecule has 0 amide bonds. The number of hydrogen-bond donors (Lipinski definition) is 1. The fourth-order valence-electron chi connectivity index (χ4n) is 1.75. The Morgan fingerprint density at radius 2 is 2.35 bits per heavy atom. The van der Waals surface area contributed by atoms with Crippen LogP contribution in [0.1, 0.15) is 25.6 Å². The second-order valence-electron chi connectivity index (χ2n) is 4.19. The van der Waals surface area contributed by atoms with Crippen molar-refractivity contribution in [2.45, 2.75) is 32.4 Å². The van der Waals surface area contributed by atoms with E-state index in [1.807, 2.05) is 34.9 Å². The summed E-state index contributed by atoms with van der Waals surface area (Å²) in [5.74, 6) is 0.950. The van der Waals surface area contributed by atoms with Crippen LogP contribution in [0, 0.1) is 0 Å². The Bertz CT molecular complexity index is 489. The molecule has 2 heterocycles. The first-order chi connectivity index (χ1) is 8.31. The Hall–Kier alpha value is -1.68. The molecule has 90 valence electrons.